The number of benzene rings is 2. The van der Waals surface area contributed by atoms with E-state index in [1.54, 1.807) is 6.20 Å². The molecule has 152 valence electrons. The van der Waals surface area contributed by atoms with E-state index in [1.165, 1.54) is 5.56 Å². The highest BCUT2D eigenvalue weighted by Crippen LogP contribution is 2.26. The van der Waals surface area contributed by atoms with Gasteiger partial charge in [-0.3, -0.25) is 4.98 Å². The van der Waals surface area contributed by atoms with Gasteiger partial charge in [0.15, 0.2) is 5.65 Å². The summed E-state index contributed by atoms with van der Waals surface area (Å²) in [4.78, 5) is 9.41. The Morgan fingerprint density at radius 1 is 0.839 bits per heavy atom. The van der Waals surface area contributed by atoms with Crippen LogP contribution in [0.1, 0.15) is 16.8 Å². The van der Waals surface area contributed by atoms with Crippen molar-refractivity contribution in [3.63, 3.8) is 0 Å². The maximum absolute atomic E-state index is 4.77. The minimum absolute atomic E-state index is 0.642. The third-order valence-electron chi connectivity index (χ3n) is 5.09. The van der Waals surface area contributed by atoms with Gasteiger partial charge in [0.25, 0.3) is 0 Å². The van der Waals surface area contributed by atoms with E-state index in [9.17, 15) is 0 Å². The zero-order valence-electron chi connectivity index (χ0n) is 16.7. The SMILES string of the molecule is Brc1cnn2c(NCc3ccc(Cc4ccccc4)nc3)cc(-c3ccccc3)nc12. The van der Waals surface area contributed by atoms with Gasteiger partial charge in [0.05, 0.1) is 16.4 Å². The van der Waals surface area contributed by atoms with Crippen LogP contribution in [0.2, 0.25) is 0 Å². The van der Waals surface area contributed by atoms with Crippen LogP contribution in [0.3, 0.4) is 0 Å². The summed E-state index contributed by atoms with van der Waals surface area (Å²) in [6.45, 7) is 0.642. The molecule has 0 bridgehead atoms. The first-order chi connectivity index (χ1) is 15.3. The van der Waals surface area contributed by atoms with Gasteiger partial charge in [0.1, 0.15) is 5.82 Å². The lowest BCUT2D eigenvalue weighted by Gasteiger charge is -2.11. The first kappa shape index (κ1) is 19.5. The Morgan fingerprint density at radius 2 is 1.61 bits per heavy atom. The highest BCUT2D eigenvalue weighted by atomic mass is 79.9. The highest BCUT2D eigenvalue weighted by molar-refractivity contribution is 9.10. The molecule has 0 aliphatic rings. The van der Waals surface area contributed by atoms with E-state index in [4.69, 9.17) is 4.98 Å². The number of hydrogen-bond donors (Lipinski definition) is 1. The van der Waals surface area contributed by atoms with E-state index in [0.29, 0.717) is 6.54 Å². The molecule has 0 fully saturated rings. The molecule has 2 aromatic carbocycles. The molecule has 0 unspecified atom stereocenters. The number of aromatic nitrogens is 4. The van der Waals surface area contributed by atoms with Crippen LogP contribution in [0.5, 0.6) is 0 Å². The topological polar surface area (TPSA) is 55.1 Å². The molecule has 0 spiro atoms. The lowest BCUT2D eigenvalue weighted by atomic mass is 10.1. The molecule has 3 aromatic heterocycles. The lowest BCUT2D eigenvalue weighted by Crippen LogP contribution is -2.07. The van der Waals surface area contributed by atoms with E-state index >= 15 is 0 Å². The van der Waals surface area contributed by atoms with E-state index in [0.717, 1.165) is 44.9 Å². The van der Waals surface area contributed by atoms with Gasteiger partial charge >= 0.3 is 0 Å². The molecule has 0 amide bonds. The molecule has 0 saturated heterocycles. The number of anilines is 1. The summed E-state index contributed by atoms with van der Waals surface area (Å²) in [5, 5.41) is 7.95. The van der Waals surface area contributed by atoms with E-state index < -0.39 is 0 Å². The molecule has 5 aromatic rings. The van der Waals surface area contributed by atoms with Crippen molar-refractivity contribution in [3.05, 3.63) is 113 Å². The average molecular weight is 470 g/mol. The van der Waals surface area contributed by atoms with Crippen LogP contribution in [0.4, 0.5) is 5.82 Å². The molecule has 31 heavy (non-hydrogen) atoms. The summed E-state index contributed by atoms with van der Waals surface area (Å²) in [6, 6.07) is 26.8. The molecule has 5 nitrogen and oxygen atoms in total. The van der Waals surface area contributed by atoms with Crippen LogP contribution < -0.4 is 5.32 Å². The number of nitrogens with zero attached hydrogens (tertiary/aromatic N) is 4. The Morgan fingerprint density at radius 3 is 2.35 bits per heavy atom. The highest BCUT2D eigenvalue weighted by Gasteiger charge is 2.11. The van der Waals surface area contributed by atoms with Gasteiger partial charge in [-0.1, -0.05) is 66.7 Å². The number of pyridine rings is 1. The van der Waals surface area contributed by atoms with Crippen molar-refractivity contribution in [3.8, 4) is 11.3 Å². The quantitative estimate of drug-likeness (QED) is 0.343. The fourth-order valence-corrected chi connectivity index (χ4v) is 3.83. The van der Waals surface area contributed by atoms with Crippen molar-refractivity contribution in [2.75, 3.05) is 5.32 Å². The van der Waals surface area contributed by atoms with E-state index in [-0.39, 0.29) is 0 Å². The number of fused-ring (bicyclic) bond motifs is 1. The molecule has 0 aliphatic heterocycles. The van der Waals surface area contributed by atoms with E-state index in [1.807, 2.05) is 41.0 Å². The zero-order valence-corrected chi connectivity index (χ0v) is 18.3. The van der Waals surface area contributed by atoms with Crippen molar-refractivity contribution in [2.45, 2.75) is 13.0 Å². The molecule has 0 radical (unpaired) electrons. The molecule has 0 atom stereocenters. The van der Waals surface area contributed by atoms with Crippen LogP contribution in [-0.2, 0) is 13.0 Å². The fourth-order valence-electron chi connectivity index (χ4n) is 3.48. The minimum Gasteiger partial charge on any atom is -0.366 e. The summed E-state index contributed by atoms with van der Waals surface area (Å²) < 4.78 is 2.67. The van der Waals surface area contributed by atoms with Crippen LogP contribution >= 0.6 is 15.9 Å². The summed E-state index contributed by atoms with van der Waals surface area (Å²) >= 11 is 3.56. The summed E-state index contributed by atoms with van der Waals surface area (Å²) in [5.74, 6) is 0.878. The van der Waals surface area contributed by atoms with Gasteiger partial charge in [-0.2, -0.15) is 9.61 Å². The standard InChI is InChI=1S/C25H20BrN5/c26-22-17-29-31-24(14-23(30-25(22)31)20-9-5-2-6-10-20)28-16-19-11-12-21(27-15-19)13-18-7-3-1-4-8-18/h1-12,14-15,17,28H,13,16H2. The Bertz CT molecular complexity index is 1300. The van der Waals surface area contributed by atoms with Gasteiger partial charge in [0, 0.05) is 36.5 Å². The summed E-state index contributed by atoms with van der Waals surface area (Å²) in [7, 11) is 0. The first-order valence-corrected chi connectivity index (χ1v) is 10.9. The predicted molar refractivity (Wildman–Crippen MR) is 127 cm³/mol. The molecule has 3 heterocycles. The summed E-state index contributed by atoms with van der Waals surface area (Å²) in [6.07, 6.45) is 4.53. The second kappa shape index (κ2) is 8.70. The number of nitrogens with one attached hydrogen (secondary N) is 1. The van der Waals surface area contributed by atoms with Crippen LogP contribution in [-0.4, -0.2) is 19.6 Å². The Labute approximate surface area is 188 Å². The van der Waals surface area contributed by atoms with Crippen LogP contribution in [0, 0.1) is 0 Å². The van der Waals surface area contributed by atoms with Crippen molar-refractivity contribution < 1.29 is 0 Å². The van der Waals surface area contributed by atoms with Crippen LogP contribution in [0.25, 0.3) is 16.9 Å². The third kappa shape index (κ3) is 4.34. The molecule has 0 aliphatic carbocycles. The monoisotopic (exact) mass is 469 g/mol. The van der Waals surface area contributed by atoms with Crippen molar-refractivity contribution in [1.29, 1.82) is 0 Å². The van der Waals surface area contributed by atoms with Gasteiger partial charge in [-0.25, -0.2) is 4.98 Å². The van der Waals surface area contributed by atoms with Crippen molar-refractivity contribution in [1.82, 2.24) is 19.6 Å². The number of halogens is 1. The second-order valence-electron chi connectivity index (χ2n) is 7.29. The van der Waals surface area contributed by atoms with Crippen LogP contribution in [0.15, 0.2) is 95.7 Å². The Kier molecular flexibility index (Phi) is 5.46. The third-order valence-corrected chi connectivity index (χ3v) is 5.65. The van der Waals surface area contributed by atoms with Gasteiger partial charge in [-0.15, -0.1) is 0 Å². The van der Waals surface area contributed by atoms with Gasteiger partial charge in [-0.05, 0) is 33.1 Å². The fraction of sp³-hybridized carbons (Fsp3) is 0.0800. The maximum Gasteiger partial charge on any atom is 0.172 e. The largest absolute Gasteiger partial charge is 0.366 e. The van der Waals surface area contributed by atoms with Crippen molar-refractivity contribution in [2.24, 2.45) is 0 Å². The first-order valence-electron chi connectivity index (χ1n) is 10.1. The molecule has 1 N–H and O–H groups in total. The van der Waals surface area contributed by atoms with E-state index in [2.05, 4.69) is 79.9 Å². The molecular weight excluding hydrogens is 450 g/mol. The van der Waals surface area contributed by atoms with Gasteiger partial charge < -0.3 is 5.32 Å². The zero-order chi connectivity index (χ0) is 21.0. The molecular formula is C25H20BrN5. The average Bonchev–Trinajstić information content (AvgIpc) is 3.20. The Balaban J connectivity index is 1.37. The van der Waals surface area contributed by atoms with Gasteiger partial charge in [0.2, 0.25) is 0 Å². The lowest BCUT2D eigenvalue weighted by molar-refractivity contribution is 0.924. The predicted octanol–water partition coefficient (Wildman–Crippen LogP) is 5.76. The molecule has 0 saturated carbocycles. The number of rotatable bonds is 6. The smallest absolute Gasteiger partial charge is 0.172 e. The molecule has 6 heteroatoms. The van der Waals surface area contributed by atoms with Crippen molar-refractivity contribution >= 4 is 27.4 Å². The summed E-state index contributed by atoms with van der Waals surface area (Å²) in [5.41, 5.74) is 6.16. The normalized spacial score (nSPS) is 11.0. The minimum atomic E-state index is 0.642. The number of hydrogen-bond acceptors (Lipinski definition) is 4. The molecule has 5 rings (SSSR count). The maximum atomic E-state index is 4.77. The second-order valence-corrected chi connectivity index (χ2v) is 8.15. The Hall–Kier alpha value is -3.51.